The van der Waals surface area contributed by atoms with Crippen molar-refractivity contribution in [1.82, 2.24) is 0 Å². The molecule has 0 saturated carbocycles. The molecule has 0 spiro atoms. The molecule has 0 fully saturated rings. The zero-order valence-corrected chi connectivity index (χ0v) is 6.26. The van der Waals surface area contributed by atoms with Gasteiger partial charge in [-0.1, -0.05) is 37.6 Å². The third-order valence-electron chi connectivity index (χ3n) is 0.997. The van der Waals surface area contributed by atoms with Gasteiger partial charge in [0, 0.05) is 0 Å². The van der Waals surface area contributed by atoms with E-state index in [1.165, 1.54) is 6.08 Å². The number of hydrogen-bond donors (Lipinski definition) is 0. The first-order valence-corrected chi connectivity index (χ1v) is 3.50. The number of hydrogen-bond acceptors (Lipinski definition) is 0. The van der Waals surface area contributed by atoms with E-state index in [2.05, 4.69) is 13.0 Å². The molecular weight excluding hydrogens is 127 g/mol. The highest BCUT2D eigenvalue weighted by Gasteiger charge is 1.68. The molecule has 0 aliphatic carbocycles. The fraction of sp³-hybridized carbons (Fsp3) is 0.333. The van der Waals surface area contributed by atoms with Crippen LogP contribution in [-0.2, 0) is 0 Å². The van der Waals surface area contributed by atoms with Crippen molar-refractivity contribution in [1.29, 1.82) is 0 Å². The first-order valence-electron chi connectivity index (χ1n) is 3.50. The van der Waals surface area contributed by atoms with E-state index in [-0.39, 0.29) is 0 Å². The average molecular weight is 140 g/mol. The Bertz CT molecular complexity index is 132. The maximum absolute atomic E-state index is 11.3. The standard InChI is InChI=1S/C9H13F/c1-2-3-4-5-6-7-8-9-10/h4-9H,2-3H2,1H3. The molecule has 0 atom stereocenters. The Kier molecular flexibility index (Phi) is 7.46. The molecule has 0 rings (SSSR count). The van der Waals surface area contributed by atoms with Crippen molar-refractivity contribution in [3.05, 3.63) is 36.7 Å². The zero-order chi connectivity index (χ0) is 7.66. The van der Waals surface area contributed by atoms with E-state index in [0.29, 0.717) is 6.33 Å². The zero-order valence-electron chi connectivity index (χ0n) is 6.26. The summed E-state index contributed by atoms with van der Waals surface area (Å²) in [6.45, 7) is 2.12. The van der Waals surface area contributed by atoms with Gasteiger partial charge in [-0.25, -0.2) is 4.39 Å². The lowest BCUT2D eigenvalue weighted by Gasteiger charge is -1.78. The minimum Gasteiger partial charge on any atom is -0.216 e. The lowest BCUT2D eigenvalue weighted by molar-refractivity contribution is 0.721. The first kappa shape index (κ1) is 9.15. The Balaban J connectivity index is 3.32. The first-order chi connectivity index (χ1) is 4.91. The maximum atomic E-state index is 11.3. The van der Waals surface area contributed by atoms with Crippen LogP contribution in [0.1, 0.15) is 19.8 Å². The van der Waals surface area contributed by atoms with E-state index >= 15 is 0 Å². The van der Waals surface area contributed by atoms with Crippen LogP contribution in [0.4, 0.5) is 4.39 Å². The highest BCUT2D eigenvalue weighted by atomic mass is 19.1. The molecule has 0 unspecified atom stereocenters. The van der Waals surface area contributed by atoms with E-state index < -0.39 is 0 Å². The monoisotopic (exact) mass is 140 g/mol. The van der Waals surface area contributed by atoms with Gasteiger partial charge in [-0.2, -0.15) is 0 Å². The molecule has 0 amide bonds. The summed E-state index contributed by atoms with van der Waals surface area (Å²) in [4.78, 5) is 0. The van der Waals surface area contributed by atoms with E-state index in [0.717, 1.165) is 12.8 Å². The maximum Gasteiger partial charge on any atom is 0.0866 e. The molecule has 0 nitrogen and oxygen atoms in total. The third-order valence-corrected chi connectivity index (χ3v) is 0.997. The molecule has 0 aromatic heterocycles. The molecule has 0 aromatic rings. The smallest absolute Gasteiger partial charge is 0.0866 e. The van der Waals surface area contributed by atoms with Gasteiger partial charge in [0.1, 0.15) is 0 Å². The topological polar surface area (TPSA) is 0 Å². The van der Waals surface area contributed by atoms with Gasteiger partial charge in [0.05, 0.1) is 6.33 Å². The molecule has 0 radical (unpaired) electrons. The van der Waals surface area contributed by atoms with Crippen LogP contribution >= 0.6 is 0 Å². The van der Waals surface area contributed by atoms with Gasteiger partial charge >= 0.3 is 0 Å². The van der Waals surface area contributed by atoms with Gasteiger partial charge in [-0.15, -0.1) is 0 Å². The van der Waals surface area contributed by atoms with Gasteiger partial charge in [0.15, 0.2) is 0 Å². The summed E-state index contributed by atoms with van der Waals surface area (Å²) in [6, 6.07) is 0. The lowest BCUT2D eigenvalue weighted by atomic mass is 10.3. The van der Waals surface area contributed by atoms with E-state index in [1.807, 2.05) is 12.2 Å². The van der Waals surface area contributed by atoms with Gasteiger partial charge in [-0.05, 0) is 12.5 Å². The van der Waals surface area contributed by atoms with Crippen molar-refractivity contribution in [2.24, 2.45) is 0 Å². The van der Waals surface area contributed by atoms with Crippen molar-refractivity contribution in [3.63, 3.8) is 0 Å². The number of unbranched alkanes of at least 4 members (excludes halogenated alkanes) is 1. The summed E-state index contributed by atoms with van der Waals surface area (Å²) in [5, 5.41) is 0. The lowest BCUT2D eigenvalue weighted by Crippen LogP contribution is -1.58. The van der Waals surface area contributed by atoms with Gasteiger partial charge in [0.25, 0.3) is 0 Å². The van der Waals surface area contributed by atoms with Crippen LogP contribution in [-0.4, -0.2) is 0 Å². The van der Waals surface area contributed by atoms with E-state index in [4.69, 9.17) is 0 Å². The van der Waals surface area contributed by atoms with Gasteiger partial charge in [-0.3, -0.25) is 0 Å². The highest BCUT2D eigenvalue weighted by Crippen LogP contribution is 1.88. The fourth-order valence-electron chi connectivity index (χ4n) is 0.512. The minimum atomic E-state index is 0.518. The van der Waals surface area contributed by atoms with Gasteiger partial charge in [0.2, 0.25) is 0 Å². The van der Waals surface area contributed by atoms with Crippen molar-refractivity contribution in [2.75, 3.05) is 0 Å². The van der Waals surface area contributed by atoms with Crippen molar-refractivity contribution in [2.45, 2.75) is 19.8 Å². The Labute approximate surface area is 61.8 Å². The molecule has 0 bridgehead atoms. The Morgan fingerprint density at radius 1 is 1.10 bits per heavy atom. The van der Waals surface area contributed by atoms with Crippen LogP contribution in [0.15, 0.2) is 36.7 Å². The summed E-state index contributed by atoms with van der Waals surface area (Å²) in [5.74, 6) is 0. The third kappa shape index (κ3) is 7.15. The predicted octanol–water partition coefficient (Wildman–Crippen LogP) is 3.38. The van der Waals surface area contributed by atoms with Crippen LogP contribution in [0.2, 0.25) is 0 Å². The van der Waals surface area contributed by atoms with Crippen LogP contribution in [0.3, 0.4) is 0 Å². The Morgan fingerprint density at radius 2 is 1.80 bits per heavy atom. The second-order valence-electron chi connectivity index (χ2n) is 1.92. The number of allylic oxidation sites excluding steroid dienone is 5. The second-order valence-corrected chi connectivity index (χ2v) is 1.92. The summed E-state index contributed by atoms with van der Waals surface area (Å²) < 4.78 is 11.3. The van der Waals surface area contributed by atoms with Crippen LogP contribution in [0.25, 0.3) is 0 Å². The van der Waals surface area contributed by atoms with E-state index in [1.54, 1.807) is 6.08 Å². The summed E-state index contributed by atoms with van der Waals surface area (Å²) in [5.41, 5.74) is 0. The van der Waals surface area contributed by atoms with Crippen LogP contribution in [0, 0.1) is 0 Å². The summed E-state index contributed by atoms with van der Waals surface area (Å²) in [6.07, 6.45) is 11.6. The summed E-state index contributed by atoms with van der Waals surface area (Å²) in [7, 11) is 0. The fourth-order valence-corrected chi connectivity index (χ4v) is 0.512. The SMILES string of the molecule is CCCC=CC=CC=CF. The molecular formula is C9H13F. The molecule has 0 saturated heterocycles. The molecule has 10 heavy (non-hydrogen) atoms. The van der Waals surface area contributed by atoms with E-state index in [9.17, 15) is 4.39 Å². The quantitative estimate of drug-likeness (QED) is 0.525. The molecule has 0 N–H and O–H groups in total. The molecule has 0 aliphatic rings. The number of rotatable bonds is 4. The summed E-state index contributed by atoms with van der Waals surface area (Å²) >= 11 is 0. The minimum absolute atomic E-state index is 0.518. The highest BCUT2D eigenvalue weighted by molar-refractivity contribution is 5.09. The largest absolute Gasteiger partial charge is 0.216 e. The van der Waals surface area contributed by atoms with Crippen molar-refractivity contribution in [3.8, 4) is 0 Å². The van der Waals surface area contributed by atoms with Crippen molar-refractivity contribution >= 4 is 0 Å². The Hall–Kier alpha value is -0.850. The molecule has 1 heteroatoms. The molecule has 56 valence electrons. The van der Waals surface area contributed by atoms with Crippen molar-refractivity contribution < 1.29 is 4.39 Å². The average Bonchev–Trinajstić information content (AvgIpc) is 1.97. The molecule has 0 aromatic carbocycles. The van der Waals surface area contributed by atoms with Crippen LogP contribution in [0.5, 0.6) is 0 Å². The van der Waals surface area contributed by atoms with Crippen LogP contribution < -0.4 is 0 Å². The van der Waals surface area contributed by atoms with Gasteiger partial charge < -0.3 is 0 Å². The predicted molar refractivity (Wildman–Crippen MR) is 43.4 cm³/mol. The normalized spacial score (nSPS) is 12.6. The Morgan fingerprint density at radius 3 is 2.40 bits per heavy atom. The number of halogens is 1. The molecule has 0 aliphatic heterocycles. The molecule has 0 heterocycles. The second kappa shape index (κ2) is 8.15.